The average molecular weight is 314 g/mol. The van der Waals surface area contributed by atoms with E-state index in [1.807, 2.05) is 55.0 Å². The zero-order valence-corrected chi connectivity index (χ0v) is 13.8. The molecule has 1 aromatic carbocycles. The Balaban J connectivity index is 2.10. The highest BCUT2D eigenvalue weighted by molar-refractivity contribution is 5.73. The number of aryl methyl sites for hydroxylation is 1. The highest BCUT2D eigenvalue weighted by Crippen LogP contribution is 2.20. The van der Waals surface area contributed by atoms with Gasteiger partial charge in [0, 0.05) is 11.8 Å². The molecule has 0 radical (unpaired) electrons. The van der Waals surface area contributed by atoms with Crippen LogP contribution in [0.2, 0.25) is 0 Å². The fraction of sp³-hybridized carbons (Fsp3) is 0.333. The molecule has 0 atom stereocenters. The van der Waals surface area contributed by atoms with Crippen LogP contribution in [0.5, 0.6) is 5.75 Å². The topological polar surface area (TPSA) is 53.4 Å². The number of carbonyl (C=O) groups is 1. The molecule has 5 heteroatoms. The SMILES string of the molecule is C/C=C/n1c(COc2ccccc2CC(=O)OCC)cnc1C. The minimum absolute atomic E-state index is 0.206. The van der Waals surface area contributed by atoms with Gasteiger partial charge in [0.05, 0.1) is 24.9 Å². The van der Waals surface area contributed by atoms with E-state index in [9.17, 15) is 4.79 Å². The fourth-order valence-electron chi connectivity index (χ4n) is 2.27. The summed E-state index contributed by atoms with van der Waals surface area (Å²) in [7, 11) is 0. The molecular weight excluding hydrogens is 292 g/mol. The second-order valence-corrected chi connectivity index (χ2v) is 5.03. The third-order valence-electron chi connectivity index (χ3n) is 3.34. The van der Waals surface area contributed by atoms with Crippen molar-refractivity contribution in [3.8, 4) is 5.75 Å². The average Bonchev–Trinajstić information content (AvgIpc) is 2.88. The van der Waals surface area contributed by atoms with E-state index in [0.717, 1.165) is 17.1 Å². The monoisotopic (exact) mass is 314 g/mol. The van der Waals surface area contributed by atoms with Crippen LogP contribution in [0.3, 0.4) is 0 Å². The maximum Gasteiger partial charge on any atom is 0.310 e. The van der Waals surface area contributed by atoms with E-state index in [4.69, 9.17) is 9.47 Å². The van der Waals surface area contributed by atoms with Crippen molar-refractivity contribution in [3.05, 3.63) is 53.6 Å². The number of imidazole rings is 1. The Kier molecular flexibility index (Phi) is 5.97. The number of carbonyl (C=O) groups excluding carboxylic acids is 1. The number of hydrogen-bond acceptors (Lipinski definition) is 4. The van der Waals surface area contributed by atoms with Crippen molar-refractivity contribution in [1.82, 2.24) is 9.55 Å². The molecule has 0 amide bonds. The van der Waals surface area contributed by atoms with E-state index in [0.29, 0.717) is 19.0 Å². The number of benzene rings is 1. The smallest absolute Gasteiger partial charge is 0.310 e. The van der Waals surface area contributed by atoms with Gasteiger partial charge in [0.15, 0.2) is 0 Å². The van der Waals surface area contributed by atoms with Gasteiger partial charge in [-0.15, -0.1) is 0 Å². The maximum absolute atomic E-state index is 11.7. The van der Waals surface area contributed by atoms with Crippen LogP contribution in [0, 0.1) is 6.92 Å². The summed E-state index contributed by atoms with van der Waals surface area (Å²) in [5, 5.41) is 0. The van der Waals surface area contributed by atoms with Gasteiger partial charge in [0.2, 0.25) is 0 Å². The van der Waals surface area contributed by atoms with E-state index in [1.54, 1.807) is 13.1 Å². The Morgan fingerprint density at radius 1 is 1.35 bits per heavy atom. The summed E-state index contributed by atoms with van der Waals surface area (Å²) in [6, 6.07) is 7.51. The Hall–Kier alpha value is -2.56. The van der Waals surface area contributed by atoms with Crippen molar-refractivity contribution in [2.75, 3.05) is 6.61 Å². The molecule has 1 aromatic heterocycles. The highest BCUT2D eigenvalue weighted by atomic mass is 16.5. The van der Waals surface area contributed by atoms with E-state index in [-0.39, 0.29) is 12.4 Å². The number of aromatic nitrogens is 2. The third-order valence-corrected chi connectivity index (χ3v) is 3.34. The Labute approximate surface area is 136 Å². The number of hydrogen-bond donors (Lipinski definition) is 0. The second kappa shape index (κ2) is 8.17. The normalized spacial score (nSPS) is 10.9. The minimum atomic E-state index is -0.252. The molecular formula is C18H22N2O3. The standard InChI is InChI=1S/C18H22N2O3/c1-4-10-20-14(3)19-12-16(20)13-23-17-9-7-6-8-15(17)11-18(21)22-5-2/h4,6-10,12H,5,11,13H2,1-3H3/b10-4+. The van der Waals surface area contributed by atoms with Crippen LogP contribution >= 0.6 is 0 Å². The molecule has 0 aliphatic heterocycles. The lowest BCUT2D eigenvalue weighted by atomic mass is 10.1. The van der Waals surface area contributed by atoms with Crippen LogP contribution in [-0.4, -0.2) is 22.1 Å². The quantitative estimate of drug-likeness (QED) is 0.735. The molecule has 23 heavy (non-hydrogen) atoms. The summed E-state index contributed by atoms with van der Waals surface area (Å²) in [6.45, 7) is 6.46. The summed E-state index contributed by atoms with van der Waals surface area (Å²) in [6.07, 6.45) is 5.90. The van der Waals surface area contributed by atoms with E-state index < -0.39 is 0 Å². The van der Waals surface area contributed by atoms with Gasteiger partial charge in [-0.05, 0) is 26.8 Å². The van der Waals surface area contributed by atoms with Gasteiger partial charge < -0.3 is 14.0 Å². The second-order valence-electron chi connectivity index (χ2n) is 5.03. The number of para-hydroxylation sites is 1. The first kappa shape index (κ1) is 16.8. The highest BCUT2D eigenvalue weighted by Gasteiger charge is 2.11. The van der Waals surface area contributed by atoms with Gasteiger partial charge in [-0.25, -0.2) is 4.98 Å². The molecule has 0 bridgehead atoms. The number of ether oxygens (including phenoxy) is 2. The van der Waals surface area contributed by atoms with Crippen molar-refractivity contribution in [2.24, 2.45) is 0 Å². The van der Waals surface area contributed by atoms with E-state index in [1.165, 1.54) is 0 Å². The van der Waals surface area contributed by atoms with Crippen LogP contribution in [-0.2, 0) is 22.6 Å². The van der Waals surface area contributed by atoms with E-state index in [2.05, 4.69) is 4.98 Å². The molecule has 0 spiro atoms. The first-order chi connectivity index (χ1) is 11.2. The molecule has 0 saturated heterocycles. The first-order valence-electron chi connectivity index (χ1n) is 7.67. The van der Waals surface area contributed by atoms with Crippen LogP contribution in [0.1, 0.15) is 30.9 Å². The Bertz CT molecular complexity index is 689. The van der Waals surface area contributed by atoms with Crippen molar-refractivity contribution < 1.29 is 14.3 Å². The molecule has 2 aromatic rings. The summed E-state index contributed by atoms with van der Waals surface area (Å²) in [5.41, 5.74) is 1.77. The lowest BCUT2D eigenvalue weighted by molar-refractivity contribution is -0.142. The molecule has 0 fully saturated rings. The maximum atomic E-state index is 11.7. The minimum Gasteiger partial charge on any atom is -0.487 e. The number of esters is 1. The lowest BCUT2D eigenvalue weighted by Crippen LogP contribution is -2.09. The van der Waals surface area contributed by atoms with Crippen LogP contribution in [0.25, 0.3) is 6.20 Å². The lowest BCUT2D eigenvalue weighted by Gasteiger charge is -2.12. The van der Waals surface area contributed by atoms with Gasteiger partial charge >= 0.3 is 5.97 Å². The van der Waals surface area contributed by atoms with Gasteiger partial charge in [-0.3, -0.25) is 4.79 Å². The third kappa shape index (κ3) is 4.45. The summed E-state index contributed by atoms with van der Waals surface area (Å²) < 4.78 is 12.9. The predicted molar refractivity (Wildman–Crippen MR) is 89.1 cm³/mol. The summed E-state index contributed by atoms with van der Waals surface area (Å²) in [4.78, 5) is 16.0. The van der Waals surface area contributed by atoms with Crippen molar-refractivity contribution in [3.63, 3.8) is 0 Å². The summed E-state index contributed by atoms with van der Waals surface area (Å²) in [5.74, 6) is 1.34. The molecule has 0 unspecified atom stereocenters. The molecule has 0 aliphatic rings. The van der Waals surface area contributed by atoms with Crippen molar-refractivity contribution in [1.29, 1.82) is 0 Å². The predicted octanol–water partition coefficient (Wildman–Crippen LogP) is 3.37. The van der Waals surface area contributed by atoms with Crippen LogP contribution in [0.15, 0.2) is 36.5 Å². The zero-order chi connectivity index (χ0) is 16.7. The summed E-state index contributed by atoms with van der Waals surface area (Å²) >= 11 is 0. The molecule has 122 valence electrons. The Morgan fingerprint density at radius 2 is 2.13 bits per heavy atom. The first-order valence-corrected chi connectivity index (χ1v) is 7.67. The Morgan fingerprint density at radius 3 is 2.87 bits per heavy atom. The number of rotatable bonds is 7. The molecule has 0 aliphatic carbocycles. The van der Waals surface area contributed by atoms with Gasteiger partial charge in [0.25, 0.3) is 0 Å². The fourth-order valence-corrected chi connectivity index (χ4v) is 2.27. The molecule has 5 nitrogen and oxygen atoms in total. The molecule has 0 N–H and O–H groups in total. The number of allylic oxidation sites excluding steroid dienone is 1. The molecule has 1 heterocycles. The largest absolute Gasteiger partial charge is 0.487 e. The molecule has 2 rings (SSSR count). The molecule has 0 saturated carbocycles. The number of nitrogens with zero attached hydrogens (tertiary/aromatic N) is 2. The zero-order valence-electron chi connectivity index (χ0n) is 13.8. The van der Waals surface area contributed by atoms with Crippen molar-refractivity contribution >= 4 is 12.2 Å². The van der Waals surface area contributed by atoms with Crippen LogP contribution in [0.4, 0.5) is 0 Å². The van der Waals surface area contributed by atoms with Gasteiger partial charge in [0.1, 0.15) is 18.2 Å². The van der Waals surface area contributed by atoms with Crippen LogP contribution < -0.4 is 4.74 Å². The van der Waals surface area contributed by atoms with E-state index >= 15 is 0 Å². The van der Waals surface area contributed by atoms with Crippen molar-refractivity contribution in [2.45, 2.75) is 33.8 Å². The van der Waals surface area contributed by atoms with Gasteiger partial charge in [-0.1, -0.05) is 24.3 Å². The van der Waals surface area contributed by atoms with Gasteiger partial charge in [-0.2, -0.15) is 0 Å².